The molecule has 0 radical (unpaired) electrons. The Morgan fingerprint density at radius 1 is 1.25 bits per heavy atom. The number of benzene rings is 1. The van der Waals surface area contributed by atoms with Crippen molar-refractivity contribution >= 4 is 29.1 Å². The number of allylic oxidation sites excluding steroid dienone is 1. The minimum Gasteiger partial charge on any atom is -0.298 e. The van der Waals surface area contributed by atoms with Crippen LogP contribution in [0.1, 0.15) is 31.7 Å². The molecule has 4 nitrogen and oxygen atoms in total. The van der Waals surface area contributed by atoms with E-state index in [1.54, 1.807) is 12.2 Å². The van der Waals surface area contributed by atoms with Gasteiger partial charge in [-0.3, -0.25) is 19.8 Å². The van der Waals surface area contributed by atoms with Gasteiger partial charge in [0.25, 0.3) is 11.8 Å². The van der Waals surface area contributed by atoms with Crippen LogP contribution in [0.5, 0.6) is 0 Å². The van der Waals surface area contributed by atoms with E-state index in [-0.39, 0.29) is 29.1 Å². The van der Waals surface area contributed by atoms with E-state index in [0.29, 0.717) is 5.92 Å². The Morgan fingerprint density at radius 3 is 2.54 bits per heavy atom. The largest absolute Gasteiger partial charge is 0.298 e. The average Bonchev–Trinajstić information content (AvgIpc) is 2.56. The summed E-state index contributed by atoms with van der Waals surface area (Å²) in [6.45, 7) is 8.05. The molecule has 1 N–H and O–H groups in total. The zero-order valence-electron chi connectivity index (χ0n) is 14.0. The number of carbonyl (C=O) groups excluding carboxylic acids is 2. The first-order valence-electron chi connectivity index (χ1n) is 7.98. The number of hydrogen-bond acceptors (Lipinski definition) is 3. The second kappa shape index (κ2) is 8.02. The highest BCUT2D eigenvalue weighted by atomic mass is 32.1. The summed E-state index contributed by atoms with van der Waals surface area (Å²) >= 11 is 5.05. The Labute approximate surface area is 148 Å². The van der Waals surface area contributed by atoms with E-state index in [9.17, 15) is 9.59 Å². The fourth-order valence-corrected chi connectivity index (χ4v) is 3.09. The van der Waals surface area contributed by atoms with E-state index in [1.807, 2.05) is 25.1 Å². The van der Waals surface area contributed by atoms with Gasteiger partial charge in [0.05, 0.1) is 0 Å². The van der Waals surface area contributed by atoms with Crippen molar-refractivity contribution < 1.29 is 9.59 Å². The van der Waals surface area contributed by atoms with Crippen LogP contribution in [0.25, 0.3) is 0 Å². The number of nitrogens with zero attached hydrogens (tertiary/aromatic N) is 1. The fourth-order valence-electron chi connectivity index (χ4n) is 2.84. The van der Waals surface area contributed by atoms with Crippen molar-refractivity contribution in [3.8, 4) is 0 Å². The molecule has 2 unspecified atom stereocenters. The molecule has 1 fully saturated rings. The highest BCUT2D eigenvalue weighted by molar-refractivity contribution is 7.80. The molecule has 126 valence electrons. The third kappa shape index (κ3) is 4.17. The number of carbonyl (C=O) groups is 2. The molecule has 0 bridgehead atoms. The van der Waals surface area contributed by atoms with Crippen LogP contribution < -0.4 is 5.32 Å². The van der Waals surface area contributed by atoms with E-state index >= 15 is 0 Å². The fraction of sp³-hybridized carbons (Fsp3) is 0.316. The van der Waals surface area contributed by atoms with Gasteiger partial charge in [0.2, 0.25) is 0 Å². The first-order chi connectivity index (χ1) is 11.4. The Balaban J connectivity index is 2.13. The molecule has 1 aromatic rings. The van der Waals surface area contributed by atoms with Crippen LogP contribution in [0.2, 0.25) is 0 Å². The van der Waals surface area contributed by atoms with Crippen LogP contribution in [0.4, 0.5) is 0 Å². The molecular formula is C19H22N2O2S. The molecule has 0 aromatic heterocycles. The maximum absolute atomic E-state index is 12.5. The van der Waals surface area contributed by atoms with Gasteiger partial charge < -0.3 is 0 Å². The quantitative estimate of drug-likeness (QED) is 0.374. The van der Waals surface area contributed by atoms with E-state index < -0.39 is 5.91 Å². The molecule has 0 saturated carbocycles. The molecule has 24 heavy (non-hydrogen) atoms. The predicted molar refractivity (Wildman–Crippen MR) is 99.4 cm³/mol. The molecule has 2 rings (SSSR count). The van der Waals surface area contributed by atoms with Gasteiger partial charge in [-0.25, -0.2) is 0 Å². The summed E-state index contributed by atoms with van der Waals surface area (Å²) in [5, 5.41) is 2.70. The average molecular weight is 342 g/mol. The molecular weight excluding hydrogens is 320 g/mol. The number of rotatable bonds is 6. The lowest BCUT2D eigenvalue weighted by molar-refractivity contribution is -0.128. The standard InChI is InChI=1S/C19H22N2O2S/c1-4-10-21-18(23)16(17(22)20-19(21)24)12-13(2)11-14(3)15-8-6-5-7-9-15/h4-9,12-14H,1,10-11H2,2-3H3,(H,20,22,24)/b16-12+. The number of hydrogen-bond donors (Lipinski definition) is 1. The van der Waals surface area contributed by atoms with E-state index in [4.69, 9.17) is 12.2 Å². The minimum atomic E-state index is -0.426. The van der Waals surface area contributed by atoms with Gasteiger partial charge >= 0.3 is 0 Å². The molecule has 1 heterocycles. The molecule has 0 spiro atoms. The predicted octanol–water partition coefficient (Wildman–Crippen LogP) is 3.17. The molecule has 5 heteroatoms. The smallest absolute Gasteiger partial charge is 0.265 e. The van der Waals surface area contributed by atoms with Crippen LogP contribution in [-0.2, 0) is 9.59 Å². The van der Waals surface area contributed by atoms with Crippen molar-refractivity contribution in [2.24, 2.45) is 5.92 Å². The van der Waals surface area contributed by atoms with Crippen molar-refractivity contribution in [2.45, 2.75) is 26.2 Å². The maximum Gasteiger partial charge on any atom is 0.265 e. The summed E-state index contributed by atoms with van der Waals surface area (Å²) in [7, 11) is 0. The summed E-state index contributed by atoms with van der Waals surface area (Å²) in [5.41, 5.74) is 1.40. The SMILES string of the molecule is C=CCN1C(=O)/C(=C/C(C)CC(C)c2ccccc2)C(=O)NC1=S. The van der Waals surface area contributed by atoms with Gasteiger partial charge in [-0.15, -0.1) is 6.58 Å². The van der Waals surface area contributed by atoms with Gasteiger partial charge in [-0.2, -0.15) is 0 Å². The second-order valence-electron chi connectivity index (χ2n) is 6.07. The lowest BCUT2D eigenvalue weighted by Crippen LogP contribution is -2.54. The van der Waals surface area contributed by atoms with Crippen LogP contribution in [0.15, 0.2) is 54.6 Å². The van der Waals surface area contributed by atoms with Crippen LogP contribution in [0, 0.1) is 5.92 Å². The molecule has 1 aliphatic rings. The molecule has 1 saturated heterocycles. The zero-order chi connectivity index (χ0) is 17.7. The maximum atomic E-state index is 12.5. The minimum absolute atomic E-state index is 0.0853. The normalized spacial score (nSPS) is 19.2. The summed E-state index contributed by atoms with van der Waals surface area (Å²) < 4.78 is 0. The Morgan fingerprint density at radius 2 is 1.92 bits per heavy atom. The first kappa shape index (κ1) is 18.1. The molecule has 0 aliphatic carbocycles. The molecule has 2 amide bonds. The topological polar surface area (TPSA) is 49.4 Å². The van der Waals surface area contributed by atoms with Crippen molar-refractivity contribution in [1.29, 1.82) is 0 Å². The van der Waals surface area contributed by atoms with Crippen molar-refractivity contribution in [3.63, 3.8) is 0 Å². The lowest BCUT2D eigenvalue weighted by Gasteiger charge is -2.28. The summed E-state index contributed by atoms with van der Waals surface area (Å²) in [5.74, 6) is -0.361. The zero-order valence-corrected chi connectivity index (χ0v) is 14.8. The van der Waals surface area contributed by atoms with Crippen LogP contribution in [-0.4, -0.2) is 28.4 Å². The van der Waals surface area contributed by atoms with Gasteiger partial charge in [-0.05, 0) is 36.0 Å². The number of nitrogens with one attached hydrogen (secondary N) is 1. The molecule has 2 atom stereocenters. The summed E-state index contributed by atoms with van der Waals surface area (Å²) in [6.07, 6.45) is 4.18. The third-order valence-electron chi connectivity index (χ3n) is 4.04. The lowest BCUT2D eigenvalue weighted by atomic mass is 9.90. The van der Waals surface area contributed by atoms with Crippen LogP contribution >= 0.6 is 12.2 Å². The Bertz CT molecular complexity index is 682. The highest BCUT2D eigenvalue weighted by Crippen LogP contribution is 2.25. The number of thiocarbonyl (C=S) groups is 1. The van der Waals surface area contributed by atoms with Crippen molar-refractivity contribution in [3.05, 3.63) is 60.2 Å². The van der Waals surface area contributed by atoms with E-state index in [0.717, 1.165) is 6.42 Å². The molecule has 1 aromatic carbocycles. The molecule has 1 aliphatic heterocycles. The third-order valence-corrected chi connectivity index (χ3v) is 4.37. The van der Waals surface area contributed by atoms with Gasteiger partial charge in [0.15, 0.2) is 5.11 Å². The van der Waals surface area contributed by atoms with Gasteiger partial charge in [-0.1, -0.05) is 56.3 Å². The summed E-state index contributed by atoms with van der Waals surface area (Å²) in [4.78, 5) is 26.0. The van der Waals surface area contributed by atoms with E-state index in [1.165, 1.54) is 10.5 Å². The van der Waals surface area contributed by atoms with Crippen molar-refractivity contribution in [2.75, 3.05) is 6.54 Å². The van der Waals surface area contributed by atoms with E-state index in [2.05, 4.69) is 31.0 Å². The van der Waals surface area contributed by atoms with Crippen molar-refractivity contribution in [1.82, 2.24) is 10.2 Å². The number of amides is 2. The van der Waals surface area contributed by atoms with Gasteiger partial charge in [0, 0.05) is 6.54 Å². The van der Waals surface area contributed by atoms with Gasteiger partial charge in [0.1, 0.15) is 5.57 Å². The summed E-state index contributed by atoms with van der Waals surface area (Å²) in [6, 6.07) is 10.2. The van der Waals surface area contributed by atoms with Crippen LogP contribution in [0.3, 0.4) is 0 Å². The first-order valence-corrected chi connectivity index (χ1v) is 8.39. The monoisotopic (exact) mass is 342 g/mol. The highest BCUT2D eigenvalue weighted by Gasteiger charge is 2.32. The second-order valence-corrected chi connectivity index (χ2v) is 6.46. The Kier molecular flexibility index (Phi) is 6.04. The Hall–Kier alpha value is -2.27.